The van der Waals surface area contributed by atoms with Crippen LogP contribution in [-0.2, 0) is 14.3 Å². The largest absolute Gasteiger partial charge is 0.449 e. The van der Waals surface area contributed by atoms with Crippen molar-refractivity contribution in [2.24, 2.45) is 0 Å². The van der Waals surface area contributed by atoms with E-state index in [1.807, 2.05) is 0 Å². The van der Waals surface area contributed by atoms with Gasteiger partial charge < -0.3 is 10.1 Å². The van der Waals surface area contributed by atoms with Crippen LogP contribution in [0, 0.1) is 17.1 Å². The smallest absolute Gasteiger partial charge is 0.331 e. The van der Waals surface area contributed by atoms with Crippen molar-refractivity contribution in [2.45, 2.75) is 50.7 Å². The molecule has 5 nitrogen and oxygen atoms in total. The minimum absolute atomic E-state index is 0.0532. The zero-order chi connectivity index (χ0) is 19.2. The van der Waals surface area contributed by atoms with Crippen LogP contribution in [0.2, 0.25) is 5.02 Å². The summed E-state index contributed by atoms with van der Waals surface area (Å²) in [6.07, 6.45) is 5.51. The van der Waals surface area contributed by atoms with E-state index in [0.29, 0.717) is 18.4 Å². The molecule has 1 aromatic rings. The molecular weight excluding hydrogens is 359 g/mol. The van der Waals surface area contributed by atoms with Crippen LogP contribution in [0.25, 0.3) is 6.08 Å². The number of benzene rings is 1. The van der Waals surface area contributed by atoms with Crippen molar-refractivity contribution in [2.75, 3.05) is 0 Å². The van der Waals surface area contributed by atoms with E-state index in [1.54, 1.807) is 0 Å². The average Bonchev–Trinajstić information content (AvgIpc) is 2.63. The lowest BCUT2D eigenvalue weighted by Gasteiger charge is -2.32. The molecule has 2 rings (SSSR count). The van der Waals surface area contributed by atoms with Crippen molar-refractivity contribution in [1.29, 1.82) is 5.26 Å². The Hall–Kier alpha value is -2.39. The van der Waals surface area contributed by atoms with Gasteiger partial charge in [-0.1, -0.05) is 36.9 Å². The fourth-order valence-electron chi connectivity index (χ4n) is 2.80. The summed E-state index contributed by atoms with van der Waals surface area (Å²) in [5, 5.41) is 12.0. The third-order valence-corrected chi connectivity index (χ3v) is 4.59. The number of nitrogens with one attached hydrogen (secondary N) is 1. The molecule has 1 aliphatic rings. The van der Waals surface area contributed by atoms with Gasteiger partial charge in [-0.2, -0.15) is 5.26 Å². The molecule has 138 valence electrons. The first-order valence-electron chi connectivity index (χ1n) is 8.42. The summed E-state index contributed by atoms with van der Waals surface area (Å²) in [4.78, 5) is 24.1. The molecular formula is C19H20ClFN2O3. The molecule has 1 atom stereocenters. The number of carbonyl (C=O) groups is 2. The van der Waals surface area contributed by atoms with Crippen molar-refractivity contribution in [3.8, 4) is 6.07 Å². The lowest BCUT2D eigenvalue weighted by atomic mass is 9.83. The van der Waals surface area contributed by atoms with Gasteiger partial charge in [-0.25, -0.2) is 9.18 Å². The molecule has 0 aromatic heterocycles. The Labute approximate surface area is 156 Å². The van der Waals surface area contributed by atoms with E-state index in [4.69, 9.17) is 16.3 Å². The summed E-state index contributed by atoms with van der Waals surface area (Å²) in [5.41, 5.74) is -0.354. The van der Waals surface area contributed by atoms with Gasteiger partial charge in [-0.15, -0.1) is 0 Å². The molecule has 1 fully saturated rings. The van der Waals surface area contributed by atoms with Gasteiger partial charge in [0.2, 0.25) is 0 Å². The van der Waals surface area contributed by atoms with Crippen LogP contribution in [0.1, 0.15) is 44.6 Å². The van der Waals surface area contributed by atoms with Gasteiger partial charge in [-0.05, 0) is 43.5 Å². The van der Waals surface area contributed by atoms with Crippen molar-refractivity contribution in [3.63, 3.8) is 0 Å². The second-order valence-electron chi connectivity index (χ2n) is 6.33. The number of ether oxygens (including phenoxy) is 1. The van der Waals surface area contributed by atoms with Gasteiger partial charge in [0.05, 0.1) is 11.1 Å². The second kappa shape index (κ2) is 8.81. The third kappa shape index (κ3) is 5.30. The van der Waals surface area contributed by atoms with E-state index in [1.165, 1.54) is 31.2 Å². The standard InChI is InChI=1S/C19H20ClFN2O3/c1-13(18(25)23-19(12-22)9-3-2-4-10-19)26-17(24)8-6-14-5-7-16(21)15(20)11-14/h5-8,11,13H,2-4,9-10H2,1H3,(H,23,25)/b8-6+/t13-/m0/s1. The summed E-state index contributed by atoms with van der Waals surface area (Å²) in [6.45, 7) is 1.45. The number of halogens is 2. The molecule has 0 aliphatic heterocycles. The van der Waals surface area contributed by atoms with Gasteiger partial charge in [0, 0.05) is 6.08 Å². The zero-order valence-corrected chi connectivity index (χ0v) is 15.2. The normalized spacial score (nSPS) is 17.3. The number of hydrogen-bond donors (Lipinski definition) is 1. The Kier molecular flexibility index (Phi) is 6.76. The van der Waals surface area contributed by atoms with Crippen LogP contribution in [0.4, 0.5) is 4.39 Å². The van der Waals surface area contributed by atoms with Gasteiger partial charge in [-0.3, -0.25) is 4.79 Å². The van der Waals surface area contributed by atoms with Gasteiger partial charge >= 0.3 is 5.97 Å². The Bertz CT molecular complexity index is 752. The Morgan fingerprint density at radius 1 is 1.38 bits per heavy atom. The minimum atomic E-state index is -1.03. The van der Waals surface area contributed by atoms with Crippen molar-refractivity contribution >= 4 is 29.6 Å². The van der Waals surface area contributed by atoms with E-state index in [-0.39, 0.29) is 5.02 Å². The van der Waals surface area contributed by atoms with Crippen LogP contribution in [-0.4, -0.2) is 23.5 Å². The first-order valence-corrected chi connectivity index (χ1v) is 8.80. The molecule has 0 spiro atoms. The first kappa shape index (κ1) is 19.9. The fraction of sp³-hybridized carbons (Fsp3) is 0.421. The maximum Gasteiger partial charge on any atom is 0.331 e. The van der Waals surface area contributed by atoms with Gasteiger partial charge in [0.25, 0.3) is 5.91 Å². The molecule has 0 heterocycles. The SMILES string of the molecule is C[C@H](OC(=O)/C=C/c1ccc(F)c(Cl)c1)C(=O)NC1(C#N)CCCCC1. The van der Waals surface area contributed by atoms with Crippen LogP contribution >= 0.6 is 11.6 Å². The molecule has 26 heavy (non-hydrogen) atoms. The Balaban J connectivity index is 1.91. The number of carbonyl (C=O) groups excluding carboxylic acids is 2. The monoisotopic (exact) mass is 378 g/mol. The van der Waals surface area contributed by atoms with Gasteiger partial charge in [0.15, 0.2) is 6.10 Å². The molecule has 0 saturated heterocycles. The van der Waals surface area contributed by atoms with Crippen molar-refractivity contribution in [1.82, 2.24) is 5.32 Å². The Morgan fingerprint density at radius 3 is 2.69 bits per heavy atom. The molecule has 1 saturated carbocycles. The fourth-order valence-corrected chi connectivity index (χ4v) is 2.99. The second-order valence-corrected chi connectivity index (χ2v) is 6.74. The summed E-state index contributed by atoms with van der Waals surface area (Å²) in [7, 11) is 0. The number of nitriles is 1. The van der Waals surface area contributed by atoms with Crippen LogP contribution < -0.4 is 5.32 Å². The van der Waals surface area contributed by atoms with Crippen molar-refractivity contribution in [3.05, 3.63) is 40.7 Å². The highest BCUT2D eigenvalue weighted by Crippen LogP contribution is 2.27. The molecule has 1 aromatic carbocycles. The summed E-state index contributed by atoms with van der Waals surface area (Å²) >= 11 is 5.67. The van der Waals surface area contributed by atoms with E-state index >= 15 is 0 Å². The number of amides is 1. The molecule has 7 heteroatoms. The lowest BCUT2D eigenvalue weighted by molar-refractivity contribution is -0.150. The molecule has 0 unspecified atom stereocenters. The predicted molar refractivity (Wildman–Crippen MR) is 95.6 cm³/mol. The Morgan fingerprint density at radius 2 is 2.08 bits per heavy atom. The maximum atomic E-state index is 13.1. The topological polar surface area (TPSA) is 79.2 Å². The minimum Gasteiger partial charge on any atom is -0.449 e. The maximum absolute atomic E-state index is 13.1. The van der Waals surface area contributed by atoms with Crippen LogP contribution in [0.15, 0.2) is 24.3 Å². The molecule has 1 aliphatic carbocycles. The lowest BCUT2D eigenvalue weighted by Crippen LogP contribution is -2.52. The number of rotatable bonds is 5. The molecule has 0 radical (unpaired) electrons. The van der Waals surface area contributed by atoms with E-state index in [9.17, 15) is 19.2 Å². The van der Waals surface area contributed by atoms with Crippen LogP contribution in [0.5, 0.6) is 0 Å². The quantitative estimate of drug-likeness (QED) is 0.624. The highest BCUT2D eigenvalue weighted by Gasteiger charge is 2.35. The van der Waals surface area contributed by atoms with E-state index in [0.717, 1.165) is 25.3 Å². The summed E-state index contributed by atoms with van der Waals surface area (Å²) in [6, 6.07) is 6.20. The number of hydrogen-bond acceptors (Lipinski definition) is 4. The average molecular weight is 379 g/mol. The summed E-state index contributed by atoms with van der Waals surface area (Å²) < 4.78 is 18.2. The highest BCUT2D eigenvalue weighted by molar-refractivity contribution is 6.30. The molecule has 1 amide bonds. The van der Waals surface area contributed by atoms with Gasteiger partial charge in [0.1, 0.15) is 11.4 Å². The molecule has 0 bridgehead atoms. The number of esters is 1. The van der Waals surface area contributed by atoms with Crippen LogP contribution in [0.3, 0.4) is 0 Å². The van der Waals surface area contributed by atoms with E-state index < -0.39 is 29.3 Å². The third-order valence-electron chi connectivity index (χ3n) is 4.30. The first-order chi connectivity index (χ1) is 12.3. The summed E-state index contributed by atoms with van der Waals surface area (Å²) in [5.74, 6) is -1.77. The number of nitrogens with zero attached hydrogens (tertiary/aromatic N) is 1. The van der Waals surface area contributed by atoms with Crippen molar-refractivity contribution < 1.29 is 18.7 Å². The van der Waals surface area contributed by atoms with E-state index in [2.05, 4.69) is 11.4 Å². The highest BCUT2D eigenvalue weighted by atomic mass is 35.5. The molecule has 1 N–H and O–H groups in total. The predicted octanol–water partition coefficient (Wildman–Crippen LogP) is 3.77. The zero-order valence-electron chi connectivity index (χ0n) is 14.4.